The Labute approximate surface area is 164 Å². The van der Waals surface area contributed by atoms with Gasteiger partial charge in [0.25, 0.3) is 5.91 Å². The van der Waals surface area contributed by atoms with E-state index in [1.54, 1.807) is 18.2 Å². The number of carbonyl (C=O) groups is 2. The lowest BCUT2D eigenvalue weighted by atomic mass is 10.2. The molecule has 2 amide bonds. The monoisotopic (exact) mass is 405 g/mol. The van der Waals surface area contributed by atoms with Crippen LogP contribution in [0.2, 0.25) is 10.0 Å². The van der Waals surface area contributed by atoms with Gasteiger partial charge in [0, 0.05) is 12.6 Å². The van der Waals surface area contributed by atoms with E-state index in [0.717, 1.165) is 17.3 Å². The van der Waals surface area contributed by atoms with Gasteiger partial charge < -0.3 is 10.6 Å². The molecule has 0 atom stereocenters. The maximum Gasteiger partial charge on any atom is 0.264 e. The summed E-state index contributed by atoms with van der Waals surface area (Å²) < 4.78 is 0. The Kier molecular flexibility index (Phi) is 5.98. The minimum absolute atomic E-state index is 0.248. The molecule has 132 valence electrons. The van der Waals surface area contributed by atoms with Gasteiger partial charge in [0.1, 0.15) is 5.69 Å². The van der Waals surface area contributed by atoms with Crippen LogP contribution in [0.3, 0.4) is 0 Å². The van der Waals surface area contributed by atoms with Crippen LogP contribution in [-0.4, -0.2) is 17.0 Å². The van der Waals surface area contributed by atoms with Crippen LogP contribution in [0.25, 0.3) is 0 Å². The van der Waals surface area contributed by atoms with Crippen molar-refractivity contribution in [1.82, 2.24) is 10.6 Å². The fourth-order valence-electron chi connectivity index (χ4n) is 2.13. The number of para-hydroxylation sites is 1. The van der Waals surface area contributed by atoms with Crippen molar-refractivity contribution in [1.29, 1.82) is 0 Å². The quantitative estimate of drug-likeness (QED) is 0.753. The summed E-state index contributed by atoms with van der Waals surface area (Å²) in [4.78, 5) is 28.6. The highest BCUT2D eigenvalue weighted by atomic mass is 35.5. The standard InChI is InChI=1S/C18H13Cl2N3O2S/c19-12-7-4-8-13(20)16(12)22-18-23-17(25)14(26-18)9-15(24)21-10-11-5-2-1-3-6-11/h1-9H,10H2,(H,21,24)(H,22,23,25). The van der Waals surface area contributed by atoms with Gasteiger partial charge in [-0.3, -0.25) is 9.59 Å². The van der Waals surface area contributed by atoms with Crippen LogP contribution < -0.4 is 10.6 Å². The Morgan fingerprint density at radius 2 is 1.81 bits per heavy atom. The topological polar surface area (TPSA) is 70.6 Å². The predicted molar refractivity (Wildman–Crippen MR) is 106 cm³/mol. The highest BCUT2D eigenvalue weighted by Gasteiger charge is 2.25. The summed E-state index contributed by atoms with van der Waals surface area (Å²) in [7, 11) is 0. The number of hydrogen-bond acceptors (Lipinski definition) is 4. The second kappa shape index (κ2) is 8.40. The molecule has 3 rings (SSSR count). The average Bonchev–Trinajstić information content (AvgIpc) is 2.97. The Hall–Kier alpha value is -2.28. The van der Waals surface area contributed by atoms with E-state index < -0.39 is 5.91 Å². The van der Waals surface area contributed by atoms with Crippen molar-refractivity contribution < 1.29 is 9.59 Å². The predicted octanol–water partition coefficient (Wildman–Crippen LogP) is 4.04. The number of thioether (sulfide) groups is 1. The van der Waals surface area contributed by atoms with Crippen molar-refractivity contribution in [2.45, 2.75) is 6.54 Å². The van der Waals surface area contributed by atoms with Crippen LogP contribution in [-0.2, 0) is 16.1 Å². The largest absolute Gasteiger partial charge is 0.348 e. The lowest BCUT2D eigenvalue weighted by Crippen LogP contribution is -2.22. The third-order valence-corrected chi connectivity index (χ3v) is 4.89. The summed E-state index contributed by atoms with van der Waals surface area (Å²) >= 11 is 13.2. The molecule has 1 aliphatic rings. The van der Waals surface area contributed by atoms with Crippen LogP contribution in [0.1, 0.15) is 5.56 Å². The lowest BCUT2D eigenvalue weighted by molar-refractivity contribution is -0.118. The normalized spacial score (nSPS) is 16.8. The van der Waals surface area contributed by atoms with Gasteiger partial charge in [0.05, 0.1) is 15.0 Å². The van der Waals surface area contributed by atoms with E-state index in [1.165, 1.54) is 6.08 Å². The number of nitrogens with zero attached hydrogens (tertiary/aromatic N) is 1. The summed E-state index contributed by atoms with van der Waals surface area (Å²) in [6, 6.07) is 14.5. The third-order valence-electron chi connectivity index (χ3n) is 3.37. The smallest absolute Gasteiger partial charge is 0.264 e. The van der Waals surface area contributed by atoms with Gasteiger partial charge >= 0.3 is 0 Å². The van der Waals surface area contributed by atoms with E-state index in [2.05, 4.69) is 15.6 Å². The summed E-state index contributed by atoms with van der Waals surface area (Å²) in [5, 5.41) is 6.39. The first-order valence-electron chi connectivity index (χ1n) is 7.58. The van der Waals surface area contributed by atoms with E-state index in [-0.39, 0.29) is 10.8 Å². The van der Waals surface area contributed by atoms with Gasteiger partial charge in [-0.25, -0.2) is 4.99 Å². The molecule has 1 aliphatic heterocycles. The van der Waals surface area contributed by atoms with Gasteiger partial charge in [-0.15, -0.1) is 0 Å². The second-order valence-corrected chi connectivity index (χ2v) is 7.10. The molecule has 5 nitrogen and oxygen atoms in total. The molecule has 26 heavy (non-hydrogen) atoms. The molecule has 0 aliphatic carbocycles. The molecular weight excluding hydrogens is 393 g/mol. The van der Waals surface area contributed by atoms with E-state index in [0.29, 0.717) is 27.4 Å². The van der Waals surface area contributed by atoms with Gasteiger partial charge in [0.15, 0.2) is 5.17 Å². The number of amides is 2. The molecule has 1 fully saturated rings. The number of carbonyl (C=O) groups excluding carboxylic acids is 2. The summed E-state index contributed by atoms with van der Waals surface area (Å²) in [5.41, 5.74) is 1.34. The zero-order valence-electron chi connectivity index (χ0n) is 13.3. The molecule has 0 radical (unpaired) electrons. The van der Waals surface area contributed by atoms with Crippen LogP contribution in [0.15, 0.2) is 64.5 Å². The van der Waals surface area contributed by atoms with Crippen molar-refractivity contribution in [2.75, 3.05) is 0 Å². The van der Waals surface area contributed by atoms with Crippen LogP contribution in [0.5, 0.6) is 0 Å². The average molecular weight is 406 g/mol. The molecule has 1 saturated heterocycles. The van der Waals surface area contributed by atoms with E-state index in [1.807, 2.05) is 30.3 Å². The van der Waals surface area contributed by atoms with Crippen molar-refractivity contribution >= 4 is 57.6 Å². The number of aliphatic imine (C=N–C) groups is 1. The van der Waals surface area contributed by atoms with E-state index in [9.17, 15) is 9.59 Å². The first kappa shape index (κ1) is 18.5. The highest BCUT2D eigenvalue weighted by Crippen LogP contribution is 2.35. The molecule has 0 aromatic heterocycles. The summed E-state index contributed by atoms with van der Waals surface area (Å²) in [6.07, 6.45) is 1.25. The Morgan fingerprint density at radius 3 is 2.50 bits per heavy atom. The molecule has 0 spiro atoms. The first-order valence-corrected chi connectivity index (χ1v) is 9.15. The van der Waals surface area contributed by atoms with Crippen molar-refractivity contribution in [3.63, 3.8) is 0 Å². The summed E-state index contributed by atoms with van der Waals surface area (Å²) in [5.74, 6) is -0.754. The Morgan fingerprint density at radius 1 is 1.12 bits per heavy atom. The molecule has 0 bridgehead atoms. The van der Waals surface area contributed by atoms with Crippen LogP contribution >= 0.6 is 35.0 Å². The van der Waals surface area contributed by atoms with Gasteiger partial charge in [0.2, 0.25) is 5.91 Å². The van der Waals surface area contributed by atoms with Crippen molar-refractivity contribution in [2.24, 2.45) is 4.99 Å². The second-order valence-electron chi connectivity index (χ2n) is 5.26. The lowest BCUT2D eigenvalue weighted by Gasteiger charge is -2.02. The fourth-order valence-corrected chi connectivity index (χ4v) is 3.41. The minimum Gasteiger partial charge on any atom is -0.348 e. The Bertz CT molecular complexity index is 894. The highest BCUT2D eigenvalue weighted by molar-refractivity contribution is 8.18. The molecule has 0 saturated carbocycles. The molecule has 0 unspecified atom stereocenters. The molecular formula is C18H13Cl2N3O2S. The zero-order valence-corrected chi connectivity index (χ0v) is 15.7. The Balaban J connectivity index is 1.68. The number of rotatable bonds is 4. The molecule has 2 aromatic carbocycles. The molecule has 8 heteroatoms. The maximum absolute atomic E-state index is 12.0. The number of benzene rings is 2. The molecule has 2 N–H and O–H groups in total. The number of halogens is 2. The van der Waals surface area contributed by atoms with E-state index >= 15 is 0 Å². The number of nitrogens with one attached hydrogen (secondary N) is 2. The fraction of sp³-hybridized carbons (Fsp3) is 0.0556. The maximum atomic E-state index is 12.0. The van der Waals surface area contributed by atoms with Gasteiger partial charge in [-0.2, -0.15) is 0 Å². The number of amidine groups is 1. The van der Waals surface area contributed by atoms with Crippen molar-refractivity contribution in [3.8, 4) is 0 Å². The summed E-state index contributed by atoms with van der Waals surface area (Å²) in [6.45, 7) is 0.381. The van der Waals surface area contributed by atoms with Gasteiger partial charge in [-0.05, 0) is 29.5 Å². The minimum atomic E-state index is -0.396. The third kappa shape index (κ3) is 4.66. The number of hydrogen-bond donors (Lipinski definition) is 2. The molecule has 1 heterocycles. The van der Waals surface area contributed by atoms with Gasteiger partial charge in [-0.1, -0.05) is 59.6 Å². The zero-order chi connectivity index (χ0) is 18.5. The molecule has 2 aromatic rings. The SMILES string of the molecule is O=C(C=C1SC(=Nc2c(Cl)cccc2Cl)NC1=O)NCc1ccccc1. The van der Waals surface area contributed by atoms with Crippen molar-refractivity contribution in [3.05, 3.63) is 75.1 Å². The van der Waals surface area contributed by atoms with Crippen LogP contribution in [0.4, 0.5) is 5.69 Å². The van der Waals surface area contributed by atoms with Crippen LogP contribution in [0, 0.1) is 0 Å². The first-order chi connectivity index (χ1) is 12.5. The van der Waals surface area contributed by atoms with E-state index in [4.69, 9.17) is 23.2 Å².